The molecule has 8 nitrogen and oxygen atoms in total. The maximum Gasteiger partial charge on any atom is 0.234 e. The van der Waals surface area contributed by atoms with E-state index in [2.05, 4.69) is 11.9 Å². The van der Waals surface area contributed by atoms with Crippen LogP contribution in [0.3, 0.4) is 0 Å². The lowest BCUT2D eigenvalue weighted by atomic mass is 9.98. The Morgan fingerprint density at radius 1 is 1.20 bits per heavy atom. The zero-order chi connectivity index (χ0) is 18.4. The molecule has 0 aromatic heterocycles. The lowest BCUT2D eigenvalue weighted by molar-refractivity contribution is -0.138. The van der Waals surface area contributed by atoms with Gasteiger partial charge in [-0.2, -0.15) is 0 Å². The van der Waals surface area contributed by atoms with Crippen LogP contribution in [0.15, 0.2) is 12.7 Å². The Balaban J connectivity index is 1.81. The van der Waals surface area contributed by atoms with Gasteiger partial charge in [-0.3, -0.25) is 14.5 Å². The van der Waals surface area contributed by atoms with E-state index in [0.29, 0.717) is 52.2 Å². The molecule has 2 aliphatic heterocycles. The first kappa shape index (κ1) is 19.9. The van der Waals surface area contributed by atoms with Crippen LogP contribution in [-0.2, 0) is 19.6 Å². The first-order valence-electron chi connectivity index (χ1n) is 8.65. The predicted molar refractivity (Wildman–Crippen MR) is 95.4 cm³/mol. The Hall–Kier alpha value is -1.45. The molecule has 2 aliphatic rings. The van der Waals surface area contributed by atoms with E-state index >= 15 is 0 Å². The van der Waals surface area contributed by atoms with Crippen molar-refractivity contribution in [2.24, 2.45) is 5.92 Å². The van der Waals surface area contributed by atoms with Crippen LogP contribution in [0.1, 0.15) is 12.8 Å². The number of rotatable bonds is 6. The van der Waals surface area contributed by atoms with Crippen LogP contribution in [0.4, 0.5) is 0 Å². The van der Waals surface area contributed by atoms with Crippen LogP contribution in [0.5, 0.6) is 0 Å². The molecule has 2 fully saturated rings. The van der Waals surface area contributed by atoms with Gasteiger partial charge in [0.25, 0.3) is 0 Å². The second-order valence-electron chi connectivity index (χ2n) is 6.65. The second-order valence-corrected chi connectivity index (χ2v) is 8.64. The minimum absolute atomic E-state index is 0.0316. The molecule has 142 valence electrons. The summed E-state index contributed by atoms with van der Waals surface area (Å²) in [5, 5.41) is 2.74. The maximum absolute atomic E-state index is 12.7. The molecule has 1 unspecified atom stereocenters. The fourth-order valence-electron chi connectivity index (χ4n) is 3.27. The molecule has 2 saturated heterocycles. The lowest BCUT2D eigenvalue weighted by Gasteiger charge is -2.38. The molecular formula is C16H28N4O4S. The number of hydrogen-bond donors (Lipinski definition) is 1. The Labute approximate surface area is 149 Å². The molecule has 0 aliphatic carbocycles. The Kier molecular flexibility index (Phi) is 6.97. The fraction of sp³-hybridized carbons (Fsp3) is 0.750. The van der Waals surface area contributed by atoms with Gasteiger partial charge in [0.2, 0.25) is 21.8 Å². The summed E-state index contributed by atoms with van der Waals surface area (Å²) in [6.07, 6.45) is 4.27. The van der Waals surface area contributed by atoms with E-state index < -0.39 is 10.0 Å². The molecule has 0 bridgehead atoms. The number of sulfonamides is 1. The molecule has 2 amide bonds. The molecule has 1 N–H and O–H groups in total. The number of amides is 2. The zero-order valence-electron chi connectivity index (χ0n) is 14.8. The second kappa shape index (κ2) is 8.77. The molecule has 0 aromatic rings. The molecular weight excluding hydrogens is 344 g/mol. The van der Waals surface area contributed by atoms with Gasteiger partial charge in [0, 0.05) is 45.8 Å². The van der Waals surface area contributed by atoms with Crippen LogP contribution in [0.2, 0.25) is 0 Å². The number of carbonyl (C=O) groups excluding carboxylic acids is 2. The number of hydrogen-bond acceptors (Lipinski definition) is 5. The van der Waals surface area contributed by atoms with Crippen LogP contribution in [0.25, 0.3) is 0 Å². The molecule has 1 atom stereocenters. The summed E-state index contributed by atoms with van der Waals surface area (Å²) in [5.74, 6) is -0.272. The van der Waals surface area contributed by atoms with E-state index in [4.69, 9.17) is 0 Å². The van der Waals surface area contributed by atoms with Crippen molar-refractivity contribution >= 4 is 21.8 Å². The highest BCUT2D eigenvalue weighted by Crippen LogP contribution is 2.21. The topological polar surface area (TPSA) is 90.0 Å². The average molecular weight is 372 g/mol. The highest BCUT2D eigenvalue weighted by molar-refractivity contribution is 7.88. The van der Waals surface area contributed by atoms with Gasteiger partial charge in [0.15, 0.2) is 0 Å². The lowest BCUT2D eigenvalue weighted by Crippen LogP contribution is -2.54. The normalized spacial score (nSPS) is 23.2. The first-order chi connectivity index (χ1) is 11.8. The van der Waals surface area contributed by atoms with Crippen LogP contribution in [0, 0.1) is 5.92 Å². The van der Waals surface area contributed by atoms with Crippen molar-refractivity contribution < 1.29 is 18.0 Å². The molecule has 2 rings (SSSR count). The van der Waals surface area contributed by atoms with E-state index in [1.165, 1.54) is 10.6 Å². The summed E-state index contributed by atoms with van der Waals surface area (Å²) in [7, 11) is -3.25. The smallest absolute Gasteiger partial charge is 0.234 e. The third-order valence-corrected chi connectivity index (χ3v) is 5.97. The molecule has 9 heteroatoms. The van der Waals surface area contributed by atoms with E-state index in [1.54, 1.807) is 11.0 Å². The van der Waals surface area contributed by atoms with Crippen molar-refractivity contribution in [2.45, 2.75) is 12.8 Å². The van der Waals surface area contributed by atoms with E-state index in [0.717, 1.165) is 6.42 Å². The summed E-state index contributed by atoms with van der Waals surface area (Å²) in [6, 6.07) is 0. The highest BCUT2D eigenvalue weighted by atomic mass is 32.2. The fourth-order valence-corrected chi connectivity index (χ4v) is 4.19. The van der Waals surface area contributed by atoms with Crippen molar-refractivity contribution in [1.29, 1.82) is 0 Å². The summed E-state index contributed by atoms with van der Waals surface area (Å²) in [4.78, 5) is 28.2. The van der Waals surface area contributed by atoms with Crippen molar-refractivity contribution in [3.63, 3.8) is 0 Å². The van der Waals surface area contributed by atoms with Crippen LogP contribution < -0.4 is 5.32 Å². The Bertz CT molecular complexity index is 599. The molecule has 0 radical (unpaired) electrons. The summed E-state index contributed by atoms with van der Waals surface area (Å²) in [6.45, 7) is 7.55. The number of carbonyl (C=O) groups is 2. The van der Waals surface area contributed by atoms with E-state index in [1.807, 2.05) is 4.90 Å². The van der Waals surface area contributed by atoms with Gasteiger partial charge in [0.1, 0.15) is 0 Å². The Morgan fingerprint density at radius 3 is 2.48 bits per heavy atom. The molecule has 0 spiro atoms. The number of piperidine rings is 1. The van der Waals surface area contributed by atoms with Crippen molar-refractivity contribution in [3.8, 4) is 0 Å². The minimum atomic E-state index is -3.25. The average Bonchev–Trinajstić information content (AvgIpc) is 2.59. The third kappa shape index (κ3) is 5.79. The number of nitrogens with one attached hydrogen (secondary N) is 1. The van der Waals surface area contributed by atoms with Crippen LogP contribution >= 0.6 is 0 Å². The maximum atomic E-state index is 12.7. The Morgan fingerprint density at radius 2 is 1.88 bits per heavy atom. The van der Waals surface area contributed by atoms with Gasteiger partial charge in [-0.25, -0.2) is 12.7 Å². The molecule has 25 heavy (non-hydrogen) atoms. The SMILES string of the molecule is C=CCNC(=O)CN1CCN(C(=O)C2CCCN(S(C)(=O)=O)C2)CC1. The number of nitrogens with zero attached hydrogens (tertiary/aromatic N) is 3. The van der Waals surface area contributed by atoms with Gasteiger partial charge < -0.3 is 10.2 Å². The molecule has 0 saturated carbocycles. The van der Waals surface area contributed by atoms with E-state index in [9.17, 15) is 18.0 Å². The van der Waals surface area contributed by atoms with Crippen LogP contribution in [-0.4, -0.2) is 93.0 Å². The van der Waals surface area contributed by atoms with Gasteiger partial charge in [-0.15, -0.1) is 6.58 Å². The van der Waals surface area contributed by atoms with Crippen molar-refractivity contribution in [2.75, 3.05) is 58.6 Å². The van der Waals surface area contributed by atoms with Crippen molar-refractivity contribution in [1.82, 2.24) is 19.4 Å². The molecule has 2 heterocycles. The first-order valence-corrected chi connectivity index (χ1v) is 10.5. The summed E-state index contributed by atoms with van der Waals surface area (Å²) < 4.78 is 24.8. The zero-order valence-corrected chi connectivity index (χ0v) is 15.6. The largest absolute Gasteiger partial charge is 0.352 e. The van der Waals surface area contributed by atoms with Crippen molar-refractivity contribution in [3.05, 3.63) is 12.7 Å². The minimum Gasteiger partial charge on any atom is -0.352 e. The predicted octanol–water partition coefficient (Wildman–Crippen LogP) is -0.896. The van der Waals surface area contributed by atoms with Gasteiger partial charge in [-0.1, -0.05) is 6.08 Å². The number of piperazine rings is 1. The summed E-state index contributed by atoms with van der Waals surface area (Å²) >= 11 is 0. The van der Waals surface area contributed by atoms with Gasteiger partial charge in [0.05, 0.1) is 18.7 Å². The summed E-state index contributed by atoms with van der Waals surface area (Å²) in [5.41, 5.74) is 0. The monoisotopic (exact) mass is 372 g/mol. The van der Waals surface area contributed by atoms with Gasteiger partial charge >= 0.3 is 0 Å². The standard InChI is InChI=1S/C16H28N4O4S/c1-3-6-17-15(21)13-18-8-10-19(11-9-18)16(22)14-5-4-7-20(12-14)25(2,23)24/h3,14H,1,4-13H2,2H3,(H,17,21). The van der Waals surface area contributed by atoms with Gasteiger partial charge in [-0.05, 0) is 12.8 Å². The highest BCUT2D eigenvalue weighted by Gasteiger charge is 2.33. The third-order valence-electron chi connectivity index (χ3n) is 4.70. The van der Waals surface area contributed by atoms with E-state index in [-0.39, 0.29) is 24.3 Å². The quantitative estimate of drug-likeness (QED) is 0.611. The molecule has 0 aromatic carbocycles.